The molecular weight excluding hydrogens is 1150 g/mol. The van der Waals surface area contributed by atoms with Crippen molar-refractivity contribution in [2.24, 2.45) is 0 Å². The highest BCUT2D eigenvalue weighted by Gasteiger charge is 2.37. The van der Waals surface area contributed by atoms with E-state index < -0.39 is 0 Å². The molecule has 95 heavy (non-hydrogen) atoms. The van der Waals surface area contributed by atoms with E-state index in [2.05, 4.69) is 339 Å². The molecule has 4 heterocycles. The minimum Gasteiger partial charge on any atom is -0.309 e. The fourth-order valence-electron chi connectivity index (χ4n) is 16.8. The summed E-state index contributed by atoms with van der Waals surface area (Å²) >= 11 is 0. The smallest absolute Gasteiger partial charge is 0.160 e. The first kappa shape index (κ1) is 53.7. The summed E-state index contributed by atoms with van der Waals surface area (Å²) in [6.45, 7) is 9.49. The molecule has 0 bridgehead atoms. The Morgan fingerprint density at radius 2 is 0.653 bits per heavy atom. The first-order valence-electron chi connectivity index (χ1n) is 33.1. The summed E-state index contributed by atoms with van der Waals surface area (Å²) in [6, 6.07) is 110. The fourth-order valence-corrected chi connectivity index (χ4v) is 16.8. The molecule has 0 spiro atoms. The minimum absolute atomic E-state index is 0.105. The van der Waals surface area contributed by atoms with Crippen LogP contribution in [0.15, 0.2) is 297 Å². The number of rotatable bonds is 7. The van der Waals surface area contributed by atoms with Crippen LogP contribution in [-0.2, 0) is 10.8 Å². The number of para-hydroxylation sites is 2. The molecule has 446 valence electrons. The molecule has 20 rings (SSSR count). The Bertz CT molecular complexity index is 6350. The van der Waals surface area contributed by atoms with Crippen molar-refractivity contribution >= 4 is 87.1 Å². The van der Waals surface area contributed by atoms with Crippen LogP contribution < -0.4 is 0 Å². The van der Waals surface area contributed by atoms with Crippen molar-refractivity contribution in [3.8, 4) is 84.2 Å². The third-order valence-electron chi connectivity index (χ3n) is 21.4. The second-order valence-corrected chi connectivity index (χ2v) is 27.3. The summed E-state index contributed by atoms with van der Waals surface area (Å²) in [4.78, 5) is 10.8. The molecule has 0 saturated heterocycles. The molecule has 2 aliphatic rings. The molecule has 0 aliphatic heterocycles. The first-order chi connectivity index (χ1) is 46.6. The molecule has 18 aromatic rings. The highest BCUT2D eigenvalue weighted by Crippen LogP contribution is 2.52. The van der Waals surface area contributed by atoms with Crippen LogP contribution in [0.2, 0.25) is 0 Å². The number of nitrogens with zero attached hydrogens (tertiary/aromatic N) is 5. The molecule has 0 N–H and O–H groups in total. The quantitative estimate of drug-likeness (QED) is 0.149. The molecule has 4 aromatic heterocycles. The molecule has 0 fully saturated rings. The van der Waals surface area contributed by atoms with Crippen molar-refractivity contribution in [1.82, 2.24) is 23.7 Å². The van der Waals surface area contributed by atoms with Crippen LogP contribution in [0.3, 0.4) is 0 Å². The maximum atomic E-state index is 5.38. The Balaban J connectivity index is 0.731. The summed E-state index contributed by atoms with van der Waals surface area (Å²) in [7, 11) is 0. The van der Waals surface area contributed by atoms with E-state index in [1.54, 1.807) is 0 Å². The van der Waals surface area contributed by atoms with Crippen molar-refractivity contribution in [1.29, 1.82) is 0 Å². The lowest BCUT2D eigenvalue weighted by Gasteiger charge is -2.22. The van der Waals surface area contributed by atoms with Crippen LogP contribution in [0.25, 0.3) is 171 Å². The molecule has 5 heteroatoms. The van der Waals surface area contributed by atoms with Crippen molar-refractivity contribution in [2.45, 2.75) is 38.5 Å². The maximum absolute atomic E-state index is 5.38. The summed E-state index contributed by atoms with van der Waals surface area (Å²) in [5, 5.41) is 10.6. The van der Waals surface area contributed by atoms with Gasteiger partial charge >= 0.3 is 0 Å². The third kappa shape index (κ3) is 7.78. The molecule has 0 amide bonds. The Morgan fingerprint density at radius 3 is 1.18 bits per heavy atom. The SMILES string of the molecule is CC1(C)c2ccccc2-c2ccc(-n3c4ccccc4c4cc(-c5ccc6c(c5)c5cc(-c7ccc8c(c7)c7ccccc7n8-c7cccc(-c8nc(-c9ccccc9)c9ccc%10ccccc%10c9n8)c7)ccc5n6-c5ccc6c(c5)C(C)(C)c5ccccc5-6)ccc43)cc21. The lowest BCUT2D eigenvalue weighted by molar-refractivity contribution is 0.660. The monoisotopic (exact) mass is 1210 g/mol. The van der Waals surface area contributed by atoms with Gasteiger partial charge in [-0.3, -0.25) is 0 Å². The van der Waals surface area contributed by atoms with Crippen LogP contribution in [-0.4, -0.2) is 23.7 Å². The van der Waals surface area contributed by atoms with Gasteiger partial charge in [0.15, 0.2) is 5.82 Å². The van der Waals surface area contributed by atoms with E-state index >= 15 is 0 Å². The summed E-state index contributed by atoms with van der Waals surface area (Å²) in [5.74, 6) is 0.694. The standard InChI is InChI=1S/C90H61N5/c1-89(2)76-29-14-10-25-65(76)67-41-38-62(52-78(67)89)94-81-32-17-13-28-70(81)73-49-57(35-44-83(73)94)59-37-46-85-75(51-59)74-50-58(36-45-84(74)95(85)63-39-42-68-66-26-11-15-30-77(66)90(3,4)79(68)53-63)56-34-43-82-72(48-56)69-27-12-16-31-80(69)93(82)61-23-18-22-60(47-61)88-91-86(55-20-6-5-7-21-55)71-40-33-54-19-8-9-24-64(54)87(71)92-88/h5-53H,1-4H3. The number of aromatic nitrogens is 5. The van der Waals surface area contributed by atoms with Crippen LogP contribution in [0.1, 0.15) is 49.9 Å². The zero-order valence-electron chi connectivity index (χ0n) is 53.0. The van der Waals surface area contributed by atoms with Gasteiger partial charge in [0.2, 0.25) is 0 Å². The fraction of sp³-hybridized carbons (Fsp3) is 0.0667. The Morgan fingerprint density at radius 1 is 0.242 bits per heavy atom. The van der Waals surface area contributed by atoms with Gasteiger partial charge in [0.05, 0.1) is 44.3 Å². The third-order valence-corrected chi connectivity index (χ3v) is 21.4. The highest BCUT2D eigenvalue weighted by atomic mass is 15.0. The van der Waals surface area contributed by atoms with Crippen LogP contribution in [0.5, 0.6) is 0 Å². The van der Waals surface area contributed by atoms with Gasteiger partial charge in [-0.2, -0.15) is 0 Å². The van der Waals surface area contributed by atoms with Gasteiger partial charge in [0.25, 0.3) is 0 Å². The van der Waals surface area contributed by atoms with Gasteiger partial charge < -0.3 is 13.7 Å². The molecule has 14 aromatic carbocycles. The second-order valence-electron chi connectivity index (χ2n) is 27.3. The van der Waals surface area contributed by atoms with E-state index in [1.807, 2.05) is 0 Å². The van der Waals surface area contributed by atoms with Crippen molar-refractivity contribution in [3.63, 3.8) is 0 Å². The van der Waals surface area contributed by atoms with Crippen LogP contribution in [0, 0.1) is 0 Å². The van der Waals surface area contributed by atoms with E-state index in [9.17, 15) is 0 Å². The van der Waals surface area contributed by atoms with Gasteiger partial charge in [0, 0.05) is 82.1 Å². The van der Waals surface area contributed by atoms with Crippen molar-refractivity contribution in [3.05, 3.63) is 320 Å². The van der Waals surface area contributed by atoms with Gasteiger partial charge in [-0.05, 0) is 175 Å². The molecule has 0 unspecified atom stereocenters. The molecule has 0 radical (unpaired) electrons. The van der Waals surface area contributed by atoms with Gasteiger partial charge in [-0.25, -0.2) is 9.97 Å². The molecule has 2 aliphatic carbocycles. The van der Waals surface area contributed by atoms with Gasteiger partial charge in [-0.15, -0.1) is 0 Å². The number of hydrogen-bond acceptors (Lipinski definition) is 2. The minimum atomic E-state index is -0.148. The molecule has 0 saturated carbocycles. The van der Waals surface area contributed by atoms with Crippen molar-refractivity contribution < 1.29 is 0 Å². The molecular formula is C90H61N5. The Hall–Kier alpha value is -11.9. The molecule has 5 nitrogen and oxygen atoms in total. The number of hydrogen-bond donors (Lipinski definition) is 0. The van der Waals surface area contributed by atoms with E-state index in [-0.39, 0.29) is 10.8 Å². The van der Waals surface area contributed by atoms with Crippen LogP contribution >= 0.6 is 0 Å². The Kier molecular flexibility index (Phi) is 11.2. The predicted molar refractivity (Wildman–Crippen MR) is 397 cm³/mol. The lowest BCUT2D eigenvalue weighted by atomic mass is 9.82. The average molecular weight is 1210 g/mol. The average Bonchev–Trinajstić information content (AvgIpc) is 1.64. The van der Waals surface area contributed by atoms with E-state index in [0.717, 1.165) is 72.0 Å². The number of fused-ring (bicyclic) bond motifs is 18. The van der Waals surface area contributed by atoms with E-state index in [1.165, 1.54) is 116 Å². The zero-order valence-corrected chi connectivity index (χ0v) is 53.0. The first-order valence-corrected chi connectivity index (χ1v) is 33.1. The van der Waals surface area contributed by atoms with Crippen LogP contribution in [0.4, 0.5) is 0 Å². The maximum Gasteiger partial charge on any atom is 0.160 e. The van der Waals surface area contributed by atoms with Gasteiger partial charge in [-0.1, -0.05) is 222 Å². The van der Waals surface area contributed by atoms with E-state index in [4.69, 9.17) is 9.97 Å². The van der Waals surface area contributed by atoms with Gasteiger partial charge in [0.1, 0.15) is 0 Å². The second kappa shape index (κ2) is 19.8. The predicted octanol–water partition coefficient (Wildman–Crippen LogP) is 23.4. The van der Waals surface area contributed by atoms with Crippen molar-refractivity contribution in [2.75, 3.05) is 0 Å². The topological polar surface area (TPSA) is 40.6 Å². The number of benzene rings is 14. The molecule has 0 atom stereocenters. The lowest BCUT2D eigenvalue weighted by Crippen LogP contribution is -2.15. The summed E-state index contributed by atoms with van der Waals surface area (Å²) in [6.07, 6.45) is 0. The highest BCUT2D eigenvalue weighted by molar-refractivity contribution is 6.15. The largest absolute Gasteiger partial charge is 0.309 e. The summed E-state index contributed by atoms with van der Waals surface area (Å²) in [5.41, 5.74) is 29.5. The van der Waals surface area contributed by atoms with E-state index in [0.29, 0.717) is 5.82 Å². The summed E-state index contributed by atoms with van der Waals surface area (Å²) < 4.78 is 7.38. The normalized spacial score (nSPS) is 13.6. The zero-order chi connectivity index (χ0) is 63.0. The Labute approximate surface area is 549 Å².